The first-order valence-electron chi connectivity index (χ1n) is 6.09. The second kappa shape index (κ2) is 5.44. The van der Waals surface area contributed by atoms with Crippen LogP contribution in [0, 0.1) is 42.9 Å². The van der Waals surface area contributed by atoms with Gasteiger partial charge in [0.15, 0.2) is 23.3 Å². The van der Waals surface area contributed by atoms with Crippen molar-refractivity contribution in [2.45, 2.75) is 19.9 Å². The lowest BCUT2D eigenvalue weighted by atomic mass is 9.95. The molecule has 0 aliphatic heterocycles. The van der Waals surface area contributed by atoms with Crippen LogP contribution in [0.25, 0.3) is 0 Å². The summed E-state index contributed by atoms with van der Waals surface area (Å²) in [6.45, 7) is 3.58. The number of rotatable bonds is 2. The van der Waals surface area contributed by atoms with Gasteiger partial charge in [-0.25, -0.2) is 22.0 Å². The lowest BCUT2D eigenvalue weighted by molar-refractivity contribution is 0.367. The third-order valence-corrected chi connectivity index (χ3v) is 3.44. The van der Waals surface area contributed by atoms with Crippen LogP contribution in [-0.4, -0.2) is 0 Å². The standard InChI is InChI=1S/C15H12F5N/c1-6-3-4-8(5-7(6)2)15(21)9-10(16)12(18)14(20)13(19)11(9)17/h3-5,15H,21H2,1-2H3. The second-order valence-corrected chi connectivity index (χ2v) is 4.80. The fraction of sp³-hybridized carbons (Fsp3) is 0.200. The van der Waals surface area contributed by atoms with Crippen molar-refractivity contribution in [3.8, 4) is 0 Å². The van der Waals surface area contributed by atoms with E-state index in [1.54, 1.807) is 19.1 Å². The average Bonchev–Trinajstić information content (AvgIpc) is 2.46. The highest BCUT2D eigenvalue weighted by Crippen LogP contribution is 2.30. The van der Waals surface area contributed by atoms with Crippen LogP contribution in [0.2, 0.25) is 0 Å². The maximum atomic E-state index is 13.7. The highest BCUT2D eigenvalue weighted by atomic mass is 19.2. The molecule has 2 aromatic rings. The second-order valence-electron chi connectivity index (χ2n) is 4.80. The summed E-state index contributed by atoms with van der Waals surface area (Å²) in [7, 11) is 0. The molecular formula is C15H12F5N. The maximum Gasteiger partial charge on any atom is 0.200 e. The third kappa shape index (κ3) is 2.51. The van der Waals surface area contributed by atoms with Crippen molar-refractivity contribution in [3.63, 3.8) is 0 Å². The van der Waals surface area contributed by atoms with E-state index in [9.17, 15) is 22.0 Å². The number of aryl methyl sites for hydroxylation is 2. The van der Waals surface area contributed by atoms with Crippen LogP contribution in [0.5, 0.6) is 0 Å². The molecule has 2 aromatic carbocycles. The van der Waals surface area contributed by atoms with Crippen molar-refractivity contribution in [1.82, 2.24) is 0 Å². The van der Waals surface area contributed by atoms with Gasteiger partial charge in [0.1, 0.15) is 0 Å². The first kappa shape index (κ1) is 15.4. The molecule has 6 heteroatoms. The van der Waals surface area contributed by atoms with Crippen LogP contribution in [-0.2, 0) is 0 Å². The maximum absolute atomic E-state index is 13.7. The molecule has 0 spiro atoms. The number of benzene rings is 2. The zero-order valence-electron chi connectivity index (χ0n) is 11.3. The highest BCUT2D eigenvalue weighted by Gasteiger charge is 2.29. The Balaban J connectivity index is 2.63. The minimum Gasteiger partial charge on any atom is -0.320 e. The first-order valence-corrected chi connectivity index (χ1v) is 6.09. The van der Waals surface area contributed by atoms with Crippen molar-refractivity contribution in [3.05, 3.63) is 69.5 Å². The number of hydrogen-bond donors (Lipinski definition) is 1. The molecule has 2 N–H and O–H groups in total. The van der Waals surface area contributed by atoms with Crippen molar-refractivity contribution in [2.75, 3.05) is 0 Å². The molecule has 1 nitrogen and oxygen atoms in total. The Morgan fingerprint density at radius 1 is 0.762 bits per heavy atom. The first-order chi connectivity index (χ1) is 9.75. The lowest BCUT2D eigenvalue weighted by Gasteiger charge is -2.17. The van der Waals surface area contributed by atoms with Gasteiger partial charge in [-0.15, -0.1) is 0 Å². The molecule has 21 heavy (non-hydrogen) atoms. The summed E-state index contributed by atoms with van der Waals surface area (Å²) in [4.78, 5) is 0. The van der Waals surface area contributed by atoms with Crippen LogP contribution in [0.3, 0.4) is 0 Å². The molecule has 0 aliphatic carbocycles. The summed E-state index contributed by atoms with van der Waals surface area (Å²) < 4.78 is 66.9. The molecular weight excluding hydrogens is 289 g/mol. The van der Waals surface area contributed by atoms with Gasteiger partial charge in [-0.1, -0.05) is 18.2 Å². The molecule has 2 rings (SSSR count). The molecule has 0 saturated carbocycles. The molecule has 0 amide bonds. The molecule has 0 aromatic heterocycles. The summed E-state index contributed by atoms with van der Waals surface area (Å²) in [5.74, 6) is -10.00. The smallest absolute Gasteiger partial charge is 0.200 e. The molecule has 0 heterocycles. The molecule has 0 fully saturated rings. The van der Waals surface area contributed by atoms with Gasteiger partial charge in [-0.3, -0.25) is 0 Å². The Hall–Kier alpha value is -1.95. The van der Waals surface area contributed by atoms with Crippen LogP contribution in [0.4, 0.5) is 22.0 Å². The number of nitrogens with two attached hydrogens (primary N) is 1. The van der Waals surface area contributed by atoms with Crippen LogP contribution >= 0.6 is 0 Å². The van der Waals surface area contributed by atoms with E-state index in [2.05, 4.69) is 0 Å². The quantitative estimate of drug-likeness (QED) is 0.505. The molecule has 0 aliphatic rings. The number of halogens is 5. The summed E-state index contributed by atoms with van der Waals surface area (Å²) >= 11 is 0. The zero-order chi connectivity index (χ0) is 15.9. The summed E-state index contributed by atoms with van der Waals surface area (Å²) in [5, 5.41) is 0. The van der Waals surface area contributed by atoms with E-state index in [1.807, 2.05) is 6.92 Å². The summed E-state index contributed by atoms with van der Waals surface area (Å²) in [6.07, 6.45) is 0. The SMILES string of the molecule is Cc1ccc(C(N)c2c(F)c(F)c(F)c(F)c2F)cc1C. The zero-order valence-corrected chi connectivity index (χ0v) is 11.3. The van der Waals surface area contributed by atoms with E-state index >= 15 is 0 Å². The van der Waals surface area contributed by atoms with Crippen molar-refractivity contribution in [1.29, 1.82) is 0 Å². The van der Waals surface area contributed by atoms with Gasteiger partial charge in [0.2, 0.25) is 5.82 Å². The molecule has 112 valence electrons. The minimum absolute atomic E-state index is 0.265. The monoisotopic (exact) mass is 301 g/mol. The molecule has 0 bridgehead atoms. The van der Waals surface area contributed by atoms with Crippen molar-refractivity contribution in [2.24, 2.45) is 5.73 Å². The average molecular weight is 301 g/mol. The highest BCUT2D eigenvalue weighted by molar-refractivity contribution is 5.38. The van der Waals surface area contributed by atoms with Gasteiger partial charge in [-0.2, -0.15) is 0 Å². The Morgan fingerprint density at radius 2 is 1.24 bits per heavy atom. The topological polar surface area (TPSA) is 26.0 Å². The lowest BCUT2D eigenvalue weighted by Crippen LogP contribution is -2.19. The largest absolute Gasteiger partial charge is 0.320 e. The van der Waals surface area contributed by atoms with E-state index in [-0.39, 0.29) is 5.56 Å². The van der Waals surface area contributed by atoms with E-state index in [0.717, 1.165) is 11.1 Å². The predicted octanol–water partition coefficient (Wildman–Crippen LogP) is 4.05. The fourth-order valence-corrected chi connectivity index (χ4v) is 2.02. The Morgan fingerprint density at radius 3 is 1.71 bits per heavy atom. The van der Waals surface area contributed by atoms with Gasteiger partial charge < -0.3 is 5.73 Å². The van der Waals surface area contributed by atoms with E-state index in [4.69, 9.17) is 5.73 Å². The normalized spacial score (nSPS) is 12.6. The molecule has 0 radical (unpaired) electrons. The minimum atomic E-state index is -2.19. The Labute approximate surface area is 118 Å². The van der Waals surface area contributed by atoms with E-state index in [1.165, 1.54) is 6.07 Å². The molecule has 0 saturated heterocycles. The van der Waals surface area contributed by atoms with Crippen LogP contribution in [0.15, 0.2) is 18.2 Å². The van der Waals surface area contributed by atoms with Gasteiger partial charge in [0.05, 0.1) is 11.6 Å². The predicted molar refractivity (Wildman–Crippen MR) is 68.2 cm³/mol. The summed E-state index contributed by atoms with van der Waals surface area (Å²) in [5.41, 5.74) is 6.64. The van der Waals surface area contributed by atoms with Crippen LogP contribution in [0.1, 0.15) is 28.3 Å². The Kier molecular flexibility index (Phi) is 4.00. The van der Waals surface area contributed by atoms with Gasteiger partial charge in [0, 0.05) is 0 Å². The summed E-state index contributed by atoms with van der Waals surface area (Å²) in [6, 6.07) is 3.26. The third-order valence-electron chi connectivity index (χ3n) is 3.44. The van der Waals surface area contributed by atoms with Crippen LogP contribution < -0.4 is 5.73 Å². The van der Waals surface area contributed by atoms with Gasteiger partial charge >= 0.3 is 0 Å². The van der Waals surface area contributed by atoms with Gasteiger partial charge in [0.25, 0.3) is 0 Å². The fourth-order valence-electron chi connectivity index (χ4n) is 2.02. The number of hydrogen-bond acceptors (Lipinski definition) is 1. The van der Waals surface area contributed by atoms with Crippen molar-refractivity contribution >= 4 is 0 Å². The molecule has 1 atom stereocenters. The van der Waals surface area contributed by atoms with E-state index in [0.29, 0.717) is 0 Å². The molecule has 1 unspecified atom stereocenters. The van der Waals surface area contributed by atoms with E-state index < -0.39 is 40.7 Å². The van der Waals surface area contributed by atoms with Gasteiger partial charge in [-0.05, 0) is 30.5 Å². The Bertz CT molecular complexity index is 683. The van der Waals surface area contributed by atoms with Crippen molar-refractivity contribution < 1.29 is 22.0 Å².